The maximum absolute atomic E-state index is 13.7. The van der Waals surface area contributed by atoms with Gasteiger partial charge < -0.3 is 34.9 Å². The summed E-state index contributed by atoms with van der Waals surface area (Å²) in [4.78, 5) is 28.0. The zero-order valence-corrected chi connectivity index (χ0v) is 24.9. The van der Waals surface area contributed by atoms with E-state index in [2.05, 4.69) is 10.6 Å². The first kappa shape index (κ1) is 29.6. The van der Waals surface area contributed by atoms with Crippen LogP contribution in [0.15, 0.2) is 58.1 Å². The molecule has 0 unspecified atom stereocenters. The molecule has 224 valence electrons. The molecule has 0 fully saturated rings. The number of fused-ring (bicyclic) bond motifs is 2. The highest BCUT2D eigenvalue weighted by atomic mass is 32.2. The van der Waals surface area contributed by atoms with E-state index in [-0.39, 0.29) is 53.8 Å². The summed E-state index contributed by atoms with van der Waals surface area (Å²) in [5, 5.41) is 17.1. The fourth-order valence-electron chi connectivity index (χ4n) is 4.70. The summed E-state index contributed by atoms with van der Waals surface area (Å²) in [6.07, 6.45) is -0.613. The van der Waals surface area contributed by atoms with Crippen LogP contribution < -0.4 is 24.8 Å². The minimum Gasteiger partial charge on any atom is -0.488 e. The lowest BCUT2D eigenvalue weighted by Crippen LogP contribution is -2.50. The molecule has 0 aliphatic carbocycles. The molecular formula is C28H32N4O8S2. The van der Waals surface area contributed by atoms with E-state index < -0.39 is 28.2 Å². The molecule has 3 aromatic rings. The second-order valence-corrected chi connectivity index (χ2v) is 13.4. The lowest BCUT2D eigenvalue weighted by Gasteiger charge is -2.38. The molecule has 12 nitrogen and oxygen atoms in total. The van der Waals surface area contributed by atoms with Crippen molar-refractivity contribution in [1.29, 1.82) is 0 Å². The Labute approximate surface area is 247 Å². The first-order valence-corrected chi connectivity index (χ1v) is 15.6. The second-order valence-electron chi connectivity index (χ2n) is 10.2. The number of anilines is 2. The molecule has 5 rings (SSSR count). The summed E-state index contributed by atoms with van der Waals surface area (Å²) >= 11 is 1.13. The third-order valence-electron chi connectivity index (χ3n) is 7.15. The zero-order chi connectivity index (χ0) is 30.0. The van der Waals surface area contributed by atoms with Crippen molar-refractivity contribution in [3.05, 3.63) is 59.5 Å². The Bertz CT molecular complexity index is 1560. The van der Waals surface area contributed by atoms with Crippen LogP contribution in [-0.4, -0.2) is 80.4 Å². The number of thiophene rings is 1. The average Bonchev–Trinajstić information content (AvgIpc) is 3.67. The molecule has 14 heteroatoms. The number of urea groups is 1. The predicted molar refractivity (Wildman–Crippen MR) is 157 cm³/mol. The van der Waals surface area contributed by atoms with E-state index >= 15 is 0 Å². The molecule has 3 atom stereocenters. The number of amides is 3. The Kier molecular flexibility index (Phi) is 8.59. The fraction of sp³-hybridized carbons (Fsp3) is 0.357. The molecular weight excluding hydrogens is 584 g/mol. The zero-order valence-electron chi connectivity index (χ0n) is 23.3. The minimum absolute atomic E-state index is 0.0360. The Morgan fingerprint density at radius 2 is 1.81 bits per heavy atom. The molecule has 3 heterocycles. The lowest BCUT2D eigenvalue weighted by molar-refractivity contribution is 0.0387. The van der Waals surface area contributed by atoms with Crippen molar-refractivity contribution in [2.75, 3.05) is 44.2 Å². The van der Waals surface area contributed by atoms with Crippen molar-refractivity contribution in [3.63, 3.8) is 0 Å². The summed E-state index contributed by atoms with van der Waals surface area (Å²) in [7, 11) is -2.23. The van der Waals surface area contributed by atoms with E-state index in [0.29, 0.717) is 22.9 Å². The quantitative estimate of drug-likeness (QED) is 0.348. The van der Waals surface area contributed by atoms with Gasteiger partial charge in [-0.2, -0.15) is 4.31 Å². The topological polar surface area (TPSA) is 147 Å². The SMILES string of the molecule is C[C@H]1CN([C@@H](C)CO)C(=O)c2cc(NC(=O)Nc3ccc4c(c3)OCO4)ccc2O[C@H]1CN(C)S(=O)(=O)c1cccs1. The maximum atomic E-state index is 13.7. The highest BCUT2D eigenvalue weighted by molar-refractivity contribution is 7.91. The van der Waals surface area contributed by atoms with Crippen molar-refractivity contribution < 1.29 is 37.3 Å². The van der Waals surface area contributed by atoms with Crippen LogP contribution in [0, 0.1) is 5.92 Å². The molecule has 42 heavy (non-hydrogen) atoms. The van der Waals surface area contributed by atoms with Gasteiger partial charge in [-0.25, -0.2) is 13.2 Å². The highest BCUT2D eigenvalue weighted by Gasteiger charge is 2.35. The average molecular weight is 617 g/mol. The van der Waals surface area contributed by atoms with Gasteiger partial charge in [0.25, 0.3) is 15.9 Å². The van der Waals surface area contributed by atoms with Crippen molar-refractivity contribution in [2.45, 2.75) is 30.2 Å². The van der Waals surface area contributed by atoms with Gasteiger partial charge in [0.05, 0.1) is 24.8 Å². The Balaban J connectivity index is 1.38. The summed E-state index contributed by atoms with van der Waals surface area (Å²) in [6.45, 7) is 3.72. The molecule has 1 aromatic heterocycles. The van der Waals surface area contributed by atoms with Gasteiger partial charge in [0.15, 0.2) is 11.5 Å². The second kappa shape index (κ2) is 12.2. The Morgan fingerprint density at radius 1 is 1.12 bits per heavy atom. The number of nitrogens with one attached hydrogen (secondary N) is 2. The van der Waals surface area contributed by atoms with Crippen LogP contribution >= 0.6 is 11.3 Å². The van der Waals surface area contributed by atoms with Crippen LogP contribution in [0.4, 0.5) is 16.2 Å². The van der Waals surface area contributed by atoms with E-state index in [9.17, 15) is 23.1 Å². The monoisotopic (exact) mass is 616 g/mol. The number of carbonyl (C=O) groups excluding carboxylic acids is 2. The van der Waals surface area contributed by atoms with Gasteiger partial charge in [0.1, 0.15) is 16.1 Å². The van der Waals surface area contributed by atoms with Gasteiger partial charge in [0, 0.05) is 37.0 Å². The van der Waals surface area contributed by atoms with Gasteiger partial charge in [-0.15, -0.1) is 11.3 Å². The third-order valence-corrected chi connectivity index (χ3v) is 10.3. The van der Waals surface area contributed by atoms with Crippen LogP contribution in [0.3, 0.4) is 0 Å². The van der Waals surface area contributed by atoms with E-state index in [0.717, 1.165) is 11.3 Å². The molecule has 0 radical (unpaired) electrons. The van der Waals surface area contributed by atoms with E-state index in [1.54, 1.807) is 59.7 Å². The molecule has 2 aromatic carbocycles. The fourth-order valence-corrected chi connectivity index (χ4v) is 7.09. The number of carbonyl (C=O) groups is 2. The molecule has 0 saturated carbocycles. The van der Waals surface area contributed by atoms with Crippen molar-refractivity contribution in [2.24, 2.45) is 5.92 Å². The normalized spacial score (nSPS) is 19.0. The van der Waals surface area contributed by atoms with Crippen LogP contribution in [0.2, 0.25) is 0 Å². The lowest BCUT2D eigenvalue weighted by atomic mass is 9.99. The number of sulfonamides is 1. The number of hydrogen-bond donors (Lipinski definition) is 3. The van der Waals surface area contributed by atoms with Gasteiger partial charge in [-0.3, -0.25) is 4.79 Å². The predicted octanol–water partition coefficient (Wildman–Crippen LogP) is 3.66. The third kappa shape index (κ3) is 6.16. The number of aliphatic hydroxyl groups is 1. The summed E-state index contributed by atoms with van der Waals surface area (Å²) in [5.41, 5.74) is 1.00. The number of hydrogen-bond acceptors (Lipinski definition) is 9. The molecule has 0 bridgehead atoms. The smallest absolute Gasteiger partial charge is 0.323 e. The van der Waals surface area contributed by atoms with E-state index in [1.165, 1.54) is 17.4 Å². The minimum atomic E-state index is -3.73. The Hall–Kier alpha value is -3.85. The van der Waals surface area contributed by atoms with Gasteiger partial charge >= 0.3 is 6.03 Å². The van der Waals surface area contributed by atoms with Crippen molar-refractivity contribution in [1.82, 2.24) is 9.21 Å². The van der Waals surface area contributed by atoms with E-state index in [1.807, 2.05) is 6.92 Å². The molecule has 0 spiro atoms. The number of aliphatic hydroxyl groups excluding tert-OH is 1. The number of nitrogens with zero attached hydrogens (tertiary/aromatic N) is 2. The molecule has 3 amide bonds. The standard InChI is InChI=1S/C28H32N4O8S2/c1-17-13-32(18(2)15-33)27(34)21-11-19(29-28(35)30-20-7-9-23-24(12-20)39-16-38-23)6-8-22(21)40-25(17)14-31(3)42(36,37)26-5-4-10-41-26/h4-12,17-18,25,33H,13-16H2,1-3H3,(H2,29,30,35)/t17-,18-,25-/m0/s1. The van der Waals surface area contributed by atoms with Crippen LogP contribution in [0.25, 0.3) is 0 Å². The van der Waals surface area contributed by atoms with Gasteiger partial charge in [-0.05, 0) is 48.7 Å². The Morgan fingerprint density at radius 3 is 2.50 bits per heavy atom. The van der Waals surface area contributed by atoms with Crippen LogP contribution in [-0.2, 0) is 10.0 Å². The molecule has 3 N–H and O–H groups in total. The first-order valence-electron chi connectivity index (χ1n) is 13.3. The maximum Gasteiger partial charge on any atom is 0.323 e. The van der Waals surface area contributed by atoms with Crippen molar-refractivity contribution >= 4 is 44.7 Å². The number of rotatable bonds is 8. The van der Waals surface area contributed by atoms with Gasteiger partial charge in [0.2, 0.25) is 6.79 Å². The van der Waals surface area contributed by atoms with Crippen LogP contribution in [0.5, 0.6) is 17.2 Å². The summed E-state index contributed by atoms with van der Waals surface area (Å²) in [5.74, 6) is 0.701. The summed E-state index contributed by atoms with van der Waals surface area (Å²) in [6, 6.07) is 11.9. The molecule has 0 saturated heterocycles. The van der Waals surface area contributed by atoms with E-state index in [4.69, 9.17) is 14.2 Å². The largest absolute Gasteiger partial charge is 0.488 e. The highest BCUT2D eigenvalue weighted by Crippen LogP contribution is 2.35. The first-order chi connectivity index (χ1) is 20.1. The number of likely N-dealkylation sites (N-methyl/N-ethyl adjacent to an activating group) is 1. The van der Waals surface area contributed by atoms with Crippen LogP contribution in [0.1, 0.15) is 24.2 Å². The summed E-state index contributed by atoms with van der Waals surface area (Å²) < 4.78 is 44.6. The van der Waals surface area contributed by atoms with Crippen molar-refractivity contribution in [3.8, 4) is 17.2 Å². The number of benzene rings is 2. The molecule has 2 aliphatic rings. The molecule has 2 aliphatic heterocycles. The number of ether oxygens (including phenoxy) is 3. The van der Waals surface area contributed by atoms with Gasteiger partial charge in [-0.1, -0.05) is 13.0 Å².